The summed E-state index contributed by atoms with van der Waals surface area (Å²) in [6, 6.07) is 12.4. The Morgan fingerprint density at radius 2 is 1.85 bits per heavy atom. The van der Waals surface area contributed by atoms with Crippen molar-refractivity contribution in [2.75, 3.05) is 38.2 Å². The Labute approximate surface area is 157 Å². The highest BCUT2D eigenvalue weighted by Crippen LogP contribution is 2.31. The number of hydrogen-bond acceptors (Lipinski definition) is 5. The predicted octanol–water partition coefficient (Wildman–Crippen LogP) is 2.65. The maximum absolute atomic E-state index is 13.7. The third kappa shape index (κ3) is 4.01. The van der Waals surface area contributed by atoms with Crippen molar-refractivity contribution >= 4 is 11.7 Å². The average molecular weight is 369 g/mol. The van der Waals surface area contributed by atoms with Gasteiger partial charge in [0, 0.05) is 37.4 Å². The Morgan fingerprint density at radius 3 is 2.41 bits per heavy atom. The van der Waals surface area contributed by atoms with E-state index in [1.807, 2.05) is 17.0 Å². The van der Waals surface area contributed by atoms with Crippen molar-refractivity contribution in [1.29, 1.82) is 5.26 Å². The number of nitrogens with zero attached hydrogens (tertiary/aromatic N) is 3. The summed E-state index contributed by atoms with van der Waals surface area (Å²) in [6.45, 7) is 2.29. The number of benzene rings is 2. The lowest BCUT2D eigenvalue weighted by Crippen LogP contribution is -2.49. The summed E-state index contributed by atoms with van der Waals surface area (Å²) >= 11 is 0. The normalized spacial score (nSPS) is 15.8. The highest BCUT2D eigenvalue weighted by Gasteiger charge is 2.32. The minimum absolute atomic E-state index is 0.317. The zero-order chi connectivity index (χ0) is 19.4. The van der Waals surface area contributed by atoms with Crippen LogP contribution in [0.25, 0.3) is 0 Å². The fraction of sp³-hybridized carbons (Fsp3) is 0.300. The van der Waals surface area contributed by atoms with Gasteiger partial charge < -0.3 is 14.7 Å². The molecule has 1 unspecified atom stereocenters. The first-order chi connectivity index (χ1) is 13.0. The van der Waals surface area contributed by atoms with Crippen molar-refractivity contribution in [2.45, 2.75) is 6.04 Å². The van der Waals surface area contributed by atoms with Gasteiger partial charge in [0.15, 0.2) is 0 Å². The molecule has 3 rings (SSSR count). The van der Waals surface area contributed by atoms with E-state index in [9.17, 15) is 14.3 Å². The van der Waals surface area contributed by atoms with Crippen LogP contribution in [0.4, 0.5) is 10.1 Å². The van der Waals surface area contributed by atoms with Gasteiger partial charge in [0.05, 0.1) is 18.7 Å². The molecule has 0 saturated carbocycles. The first-order valence-electron chi connectivity index (χ1n) is 8.59. The quantitative estimate of drug-likeness (QED) is 0.873. The number of nitriles is 1. The lowest BCUT2D eigenvalue weighted by atomic mass is 10.0. The zero-order valence-corrected chi connectivity index (χ0v) is 14.9. The zero-order valence-electron chi connectivity index (χ0n) is 14.9. The number of piperazine rings is 1. The maximum Gasteiger partial charge on any atom is 0.325 e. The Hall–Kier alpha value is -3.11. The lowest BCUT2D eigenvalue weighted by molar-refractivity contribution is -0.143. The van der Waals surface area contributed by atoms with Crippen LogP contribution < -0.4 is 9.64 Å². The molecule has 1 fully saturated rings. The number of carboxylic acid groups (broad SMARTS) is 1. The second kappa shape index (κ2) is 8.06. The second-order valence-electron chi connectivity index (χ2n) is 6.31. The minimum atomic E-state index is -1.04. The van der Waals surface area contributed by atoms with Gasteiger partial charge in [0.2, 0.25) is 0 Å². The number of rotatable bonds is 5. The SMILES string of the molecule is COc1ccc(F)cc1C(C(=O)O)N1CCN(c2ccc(C#N)cc2)CC1. The smallest absolute Gasteiger partial charge is 0.325 e. The number of carbonyl (C=O) groups is 1. The number of aliphatic carboxylic acids is 1. The predicted molar refractivity (Wildman–Crippen MR) is 98.3 cm³/mol. The number of halogens is 1. The number of methoxy groups -OCH3 is 1. The third-order valence-corrected chi connectivity index (χ3v) is 4.76. The molecule has 0 aromatic heterocycles. The van der Waals surface area contributed by atoms with Crippen molar-refractivity contribution in [3.63, 3.8) is 0 Å². The fourth-order valence-electron chi connectivity index (χ4n) is 3.39. The largest absolute Gasteiger partial charge is 0.496 e. The average Bonchev–Trinajstić information content (AvgIpc) is 2.69. The van der Waals surface area contributed by atoms with E-state index in [0.717, 1.165) is 5.69 Å². The molecule has 1 N–H and O–H groups in total. The molecular weight excluding hydrogens is 349 g/mol. The summed E-state index contributed by atoms with van der Waals surface area (Å²) in [7, 11) is 1.44. The van der Waals surface area contributed by atoms with Gasteiger partial charge >= 0.3 is 5.97 Å². The van der Waals surface area contributed by atoms with Gasteiger partial charge in [-0.15, -0.1) is 0 Å². The molecule has 1 heterocycles. The van der Waals surface area contributed by atoms with E-state index >= 15 is 0 Å². The molecular formula is C20H20FN3O3. The van der Waals surface area contributed by atoms with Crippen molar-refractivity contribution in [3.05, 3.63) is 59.4 Å². The molecule has 0 bridgehead atoms. The topological polar surface area (TPSA) is 76.8 Å². The molecule has 1 atom stereocenters. The van der Waals surface area contributed by atoms with E-state index in [0.29, 0.717) is 43.1 Å². The molecule has 1 saturated heterocycles. The van der Waals surface area contributed by atoms with E-state index in [-0.39, 0.29) is 0 Å². The van der Waals surface area contributed by atoms with Gasteiger partial charge in [-0.1, -0.05) is 0 Å². The van der Waals surface area contributed by atoms with E-state index in [1.165, 1.54) is 25.3 Å². The van der Waals surface area contributed by atoms with Crippen molar-refractivity contribution in [2.24, 2.45) is 0 Å². The molecule has 0 amide bonds. The molecule has 0 radical (unpaired) electrons. The number of anilines is 1. The van der Waals surface area contributed by atoms with Crippen LogP contribution in [0.5, 0.6) is 5.75 Å². The van der Waals surface area contributed by atoms with Crippen LogP contribution in [0.1, 0.15) is 17.2 Å². The van der Waals surface area contributed by atoms with Gasteiger partial charge in [0.1, 0.15) is 17.6 Å². The molecule has 140 valence electrons. The van der Waals surface area contributed by atoms with Crippen LogP contribution in [-0.4, -0.2) is 49.3 Å². The molecule has 0 aliphatic carbocycles. The van der Waals surface area contributed by atoms with Crippen molar-refractivity contribution in [1.82, 2.24) is 4.90 Å². The van der Waals surface area contributed by atoms with Crippen LogP contribution in [0.15, 0.2) is 42.5 Å². The fourth-order valence-corrected chi connectivity index (χ4v) is 3.39. The molecule has 1 aliphatic heterocycles. The molecule has 27 heavy (non-hydrogen) atoms. The van der Waals surface area contributed by atoms with Gasteiger partial charge in [-0.05, 0) is 42.5 Å². The Kier molecular flexibility index (Phi) is 5.57. The summed E-state index contributed by atoms with van der Waals surface area (Å²) in [5.41, 5.74) is 1.90. The molecule has 2 aromatic rings. The molecule has 2 aromatic carbocycles. The Bertz CT molecular complexity index is 856. The first-order valence-corrected chi connectivity index (χ1v) is 8.59. The van der Waals surface area contributed by atoms with Gasteiger partial charge in [0.25, 0.3) is 0 Å². The van der Waals surface area contributed by atoms with Crippen molar-refractivity contribution in [3.8, 4) is 11.8 Å². The standard InChI is InChI=1S/C20H20FN3O3/c1-27-18-7-4-15(21)12-17(18)19(20(25)26)24-10-8-23(9-11-24)16-5-2-14(13-22)3-6-16/h2-7,12,19H,8-11H2,1H3,(H,25,26). The molecule has 7 heteroatoms. The van der Waals surface area contributed by atoms with Gasteiger partial charge in [-0.25, -0.2) is 4.39 Å². The Balaban J connectivity index is 1.77. The van der Waals surface area contributed by atoms with Crippen LogP contribution in [0.2, 0.25) is 0 Å². The van der Waals surface area contributed by atoms with Gasteiger partial charge in [-0.3, -0.25) is 9.69 Å². The highest BCUT2D eigenvalue weighted by molar-refractivity contribution is 5.77. The van der Waals surface area contributed by atoms with E-state index < -0.39 is 17.8 Å². The monoisotopic (exact) mass is 369 g/mol. The van der Waals surface area contributed by atoms with Crippen LogP contribution in [0, 0.1) is 17.1 Å². The summed E-state index contributed by atoms with van der Waals surface area (Å²) in [4.78, 5) is 15.9. The summed E-state index contributed by atoms with van der Waals surface area (Å²) in [5, 5.41) is 18.7. The van der Waals surface area contributed by atoms with Crippen molar-refractivity contribution < 1.29 is 19.0 Å². The summed E-state index contributed by atoms with van der Waals surface area (Å²) in [5.74, 6) is -1.17. The van der Waals surface area contributed by atoms with Gasteiger partial charge in [-0.2, -0.15) is 5.26 Å². The lowest BCUT2D eigenvalue weighted by Gasteiger charge is -2.39. The van der Waals surface area contributed by atoms with Crippen LogP contribution in [0.3, 0.4) is 0 Å². The summed E-state index contributed by atoms with van der Waals surface area (Å²) < 4.78 is 19.0. The van der Waals surface area contributed by atoms with Crippen LogP contribution >= 0.6 is 0 Å². The second-order valence-corrected chi connectivity index (χ2v) is 6.31. The summed E-state index contributed by atoms with van der Waals surface area (Å²) in [6.07, 6.45) is 0. The molecule has 6 nitrogen and oxygen atoms in total. The van der Waals surface area contributed by atoms with Crippen LogP contribution in [-0.2, 0) is 4.79 Å². The molecule has 0 spiro atoms. The molecule has 1 aliphatic rings. The minimum Gasteiger partial charge on any atom is -0.496 e. The first kappa shape index (κ1) is 18.7. The number of ether oxygens (including phenoxy) is 1. The van der Waals surface area contributed by atoms with E-state index in [4.69, 9.17) is 10.00 Å². The highest BCUT2D eigenvalue weighted by atomic mass is 19.1. The number of hydrogen-bond donors (Lipinski definition) is 1. The Morgan fingerprint density at radius 1 is 1.19 bits per heavy atom. The van der Waals surface area contributed by atoms with E-state index in [2.05, 4.69) is 11.0 Å². The third-order valence-electron chi connectivity index (χ3n) is 4.76. The van der Waals surface area contributed by atoms with E-state index in [1.54, 1.807) is 12.1 Å². The maximum atomic E-state index is 13.7. The number of carboxylic acids is 1.